The summed E-state index contributed by atoms with van der Waals surface area (Å²) in [7, 11) is -3.30. The molecule has 4 rings (SSSR count). The van der Waals surface area contributed by atoms with Crippen LogP contribution in [0.25, 0.3) is 17.1 Å². The second-order valence-corrected chi connectivity index (χ2v) is 10.4. The van der Waals surface area contributed by atoms with Crippen molar-refractivity contribution in [1.29, 1.82) is 0 Å². The van der Waals surface area contributed by atoms with Crippen LogP contribution in [-0.4, -0.2) is 62.6 Å². The van der Waals surface area contributed by atoms with Crippen molar-refractivity contribution in [1.82, 2.24) is 28.8 Å². The fourth-order valence-corrected chi connectivity index (χ4v) is 4.79. The van der Waals surface area contributed by atoms with E-state index in [0.717, 1.165) is 6.26 Å². The topological polar surface area (TPSA) is 106 Å². The highest BCUT2D eigenvalue weighted by molar-refractivity contribution is 7.88. The van der Waals surface area contributed by atoms with Crippen molar-refractivity contribution < 1.29 is 21.6 Å². The standard InChI is InChI=1S/C19H18Cl2F3N7O2S/c1-34(32,33)31-6-3-11(4-7-31)28-18-26-8-12(19(22,23)24)16(29-18)13-9-30(10-27-13)14-2-5-25-17(21)15(14)20/h2,5,8-11H,3-4,6-7H2,1H3,(H,26,28,29). The minimum Gasteiger partial charge on any atom is -0.351 e. The van der Waals surface area contributed by atoms with Crippen LogP contribution < -0.4 is 5.32 Å². The van der Waals surface area contributed by atoms with Gasteiger partial charge < -0.3 is 9.88 Å². The van der Waals surface area contributed by atoms with Crippen molar-refractivity contribution >= 4 is 39.2 Å². The van der Waals surface area contributed by atoms with Gasteiger partial charge in [-0.05, 0) is 18.9 Å². The summed E-state index contributed by atoms with van der Waals surface area (Å²) in [5.41, 5.74) is -1.12. The maximum atomic E-state index is 13.7. The molecule has 1 aliphatic rings. The van der Waals surface area contributed by atoms with E-state index in [2.05, 4.69) is 25.3 Å². The van der Waals surface area contributed by atoms with Gasteiger partial charge in [-0.25, -0.2) is 32.7 Å². The van der Waals surface area contributed by atoms with Gasteiger partial charge in [0.15, 0.2) is 0 Å². The Morgan fingerprint density at radius 2 is 1.85 bits per heavy atom. The first-order valence-corrected chi connectivity index (χ1v) is 12.5. The number of rotatable bonds is 5. The molecule has 4 heterocycles. The van der Waals surface area contributed by atoms with E-state index in [1.165, 1.54) is 27.6 Å². The Morgan fingerprint density at radius 1 is 1.15 bits per heavy atom. The highest BCUT2D eigenvalue weighted by Gasteiger charge is 2.36. The Balaban J connectivity index is 1.63. The number of sulfonamides is 1. The van der Waals surface area contributed by atoms with Gasteiger partial charge in [-0.15, -0.1) is 0 Å². The average Bonchev–Trinajstić information content (AvgIpc) is 3.24. The fourth-order valence-electron chi connectivity index (χ4n) is 3.55. The van der Waals surface area contributed by atoms with E-state index in [0.29, 0.717) is 37.8 Å². The van der Waals surface area contributed by atoms with E-state index in [-0.39, 0.29) is 27.9 Å². The van der Waals surface area contributed by atoms with Crippen LogP contribution >= 0.6 is 23.2 Å². The van der Waals surface area contributed by atoms with Gasteiger partial charge in [-0.2, -0.15) is 13.2 Å². The number of piperidine rings is 1. The summed E-state index contributed by atoms with van der Waals surface area (Å²) >= 11 is 12.1. The van der Waals surface area contributed by atoms with Crippen LogP contribution in [0.3, 0.4) is 0 Å². The monoisotopic (exact) mass is 535 g/mol. The number of aromatic nitrogens is 5. The molecule has 0 aliphatic carbocycles. The summed E-state index contributed by atoms with van der Waals surface area (Å²) < 4.78 is 67.2. The molecular weight excluding hydrogens is 518 g/mol. The highest BCUT2D eigenvalue weighted by Crippen LogP contribution is 2.36. The largest absolute Gasteiger partial charge is 0.420 e. The second kappa shape index (κ2) is 9.29. The Hall–Kier alpha value is -2.48. The van der Waals surface area contributed by atoms with Crippen LogP contribution in [0.5, 0.6) is 0 Å². The molecule has 0 amide bonds. The van der Waals surface area contributed by atoms with Gasteiger partial charge in [-0.1, -0.05) is 23.2 Å². The van der Waals surface area contributed by atoms with Crippen LogP contribution in [0, 0.1) is 0 Å². The van der Waals surface area contributed by atoms with Crippen molar-refractivity contribution in [2.45, 2.75) is 25.1 Å². The van der Waals surface area contributed by atoms with Crippen molar-refractivity contribution in [3.8, 4) is 17.1 Å². The molecule has 9 nitrogen and oxygen atoms in total. The quantitative estimate of drug-likeness (QED) is 0.494. The van der Waals surface area contributed by atoms with Gasteiger partial charge in [0.05, 0.1) is 11.9 Å². The first-order valence-electron chi connectivity index (χ1n) is 9.94. The maximum Gasteiger partial charge on any atom is 0.420 e. The molecule has 1 aliphatic heterocycles. The van der Waals surface area contributed by atoms with E-state index in [1.807, 2.05) is 0 Å². The zero-order valence-electron chi connectivity index (χ0n) is 17.6. The van der Waals surface area contributed by atoms with E-state index in [9.17, 15) is 21.6 Å². The highest BCUT2D eigenvalue weighted by atomic mass is 35.5. The third-order valence-corrected chi connectivity index (χ3v) is 7.34. The normalized spacial score (nSPS) is 16.1. The van der Waals surface area contributed by atoms with E-state index < -0.39 is 27.5 Å². The lowest BCUT2D eigenvalue weighted by Crippen LogP contribution is -2.42. The van der Waals surface area contributed by atoms with Gasteiger partial charge in [0.25, 0.3) is 0 Å². The fraction of sp³-hybridized carbons (Fsp3) is 0.368. The molecule has 3 aromatic rings. The molecule has 0 unspecified atom stereocenters. The Kier molecular flexibility index (Phi) is 6.73. The number of nitrogens with zero attached hydrogens (tertiary/aromatic N) is 6. The van der Waals surface area contributed by atoms with Crippen molar-refractivity contribution in [2.75, 3.05) is 24.7 Å². The number of halogens is 5. The van der Waals surface area contributed by atoms with Gasteiger partial charge in [0, 0.05) is 37.7 Å². The number of hydrogen-bond donors (Lipinski definition) is 1. The Bertz CT molecular complexity index is 1310. The lowest BCUT2D eigenvalue weighted by Gasteiger charge is -2.30. The summed E-state index contributed by atoms with van der Waals surface area (Å²) in [6.45, 7) is 0.591. The second-order valence-electron chi connectivity index (χ2n) is 7.64. The van der Waals surface area contributed by atoms with Gasteiger partial charge in [-0.3, -0.25) is 0 Å². The smallest absolute Gasteiger partial charge is 0.351 e. The molecule has 0 spiro atoms. The molecule has 0 bridgehead atoms. The zero-order chi connectivity index (χ0) is 24.7. The maximum absolute atomic E-state index is 13.7. The summed E-state index contributed by atoms with van der Waals surface area (Å²) in [6, 6.07) is 1.35. The minimum atomic E-state index is -4.71. The first-order chi connectivity index (χ1) is 15.9. The zero-order valence-corrected chi connectivity index (χ0v) is 19.9. The molecule has 15 heteroatoms. The Morgan fingerprint density at radius 3 is 2.50 bits per heavy atom. The van der Waals surface area contributed by atoms with Gasteiger partial charge >= 0.3 is 6.18 Å². The van der Waals surface area contributed by atoms with Crippen molar-refractivity contribution in [3.63, 3.8) is 0 Å². The van der Waals surface area contributed by atoms with Crippen molar-refractivity contribution in [3.05, 3.63) is 46.7 Å². The van der Waals surface area contributed by atoms with Crippen LogP contribution in [0.2, 0.25) is 10.2 Å². The predicted molar refractivity (Wildman–Crippen MR) is 120 cm³/mol. The van der Waals surface area contributed by atoms with E-state index >= 15 is 0 Å². The lowest BCUT2D eigenvalue weighted by molar-refractivity contribution is -0.137. The lowest BCUT2D eigenvalue weighted by atomic mass is 10.1. The molecule has 182 valence electrons. The van der Waals surface area contributed by atoms with E-state index in [4.69, 9.17) is 23.2 Å². The molecule has 0 saturated carbocycles. The molecular formula is C19H18Cl2F3N7O2S. The summed E-state index contributed by atoms with van der Waals surface area (Å²) in [5, 5.41) is 3.17. The molecule has 3 aromatic heterocycles. The summed E-state index contributed by atoms with van der Waals surface area (Å²) in [6.07, 6.45) is 2.10. The molecule has 0 radical (unpaired) electrons. The molecule has 1 N–H and O–H groups in total. The summed E-state index contributed by atoms with van der Waals surface area (Å²) in [4.78, 5) is 15.9. The Labute approximate surface area is 203 Å². The number of nitrogens with one attached hydrogen (secondary N) is 1. The first kappa shape index (κ1) is 24.6. The number of hydrogen-bond acceptors (Lipinski definition) is 7. The van der Waals surface area contributed by atoms with Crippen LogP contribution in [-0.2, 0) is 16.2 Å². The van der Waals surface area contributed by atoms with Gasteiger partial charge in [0.1, 0.15) is 33.5 Å². The molecule has 1 fully saturated rings. The molecule has 0 atom stereocenters. The van der Waals surface area contributed by atoms with Crippen LogP contribution in [0.4, 0.5) is 19.1 Å². The average molecular weight is 536 g/mol. The molecule has 1 saturated heterocycles. The minimum absolute atomic E-state index is 0.0136. The summed E-state index contributed by atoms with van der Waals surface area (Å²) in [5.74, 6) is -0.0136. The SMILES string of the molecule is CS(=O)(=O)N1CCC(Nc2ncc(C(F)(F)F)c(-c3cn(-c4ccnc(Cl)c4Cl)cn3)n2)CC1. The predicted octanol–water partition coefficient (Wildman–Crippen LogP) is 3.89. The third-order valence-electron chi connectivity index (χ3n) is 5.28. The number of imidazole rings is 1. The molecule has 0 aromatic carbocycles. The van der Waals surface area contributed by atoms with Crippen LogP contribution in [0.1, 0.15) is 18.4 Å². The third kappa shape index (κ3) is 5.27. The number of alkyl halides is 3. The van der Waals surface area contributed by atoms with Gasteiger partial charge in [0.2, 0.25) is 16.0 Å². The number of pyridine rings is 1. The number of anilines is 1. The molecule has 34 heavy (non-hydrogen) atoms. The van der Waals surface area contributed by atoms with Crippen LogP contribution in [0.15, 0.2) is 31.0 Å². The van der Waals surface area contributed by atoms with E-state index in [1.54, 1.807) is 6.07 Å². The van der Waals surface area contributed by atoms with Crippen molar-refractivity contribution in [2.24, 2.45) is 0 Å².